The van der Waals surface area contributed by atoms with Crippen LogP contribution >= 0.6 is 0 Å². The number of methoxy groups -OCH3 is 3. The highest BCUT2D eigenvalue weighted by atomic mass is 16.5. The second kappa shape index (κ2) is 9.09. The monoisotopic (exact) mass is 409 g/mol. The number of benzene rings is 3. The first-order valence-electron chi connectivity index (χ1n) is 9.16. The van der Waals surface area contributed by atoms with Gasteiger partial charge in [0.1, 0.15) is 28.7 Å². The number of amides is 1. The summed E-state index contributed by atoms with van der Waals surface area (Å²) in [5.41, 5.74) is 2.37. The Kier molecular flexibility index (Phi) is 6.32. The van der Waals surface area contributed by atoms with Gasteiger partial charge in [-0.1, -0.05) is 12.1 Å². The van der Waals surface area contributed by atoms with Crippen LogP contribution in [0.5, 0.6) is 28.7 Å². The Labute approximate surface area is 174 Å². The highest BCUT2D eigenvalue weighted by molar-refractivity contribution is 5.99. The number of rotatable bonds is 7. The van der Waals surface area contributed by atoms with Gasteiger partial charge in [0, 0.05) is 29.8 Å². The SMILES string of the molecule is COc1ccc(-c2cc(C(=O)NCc3ccc(O)cc3O)c(OC)cc2OC)cc1. The maximum absolute atomic E-state index is 12.9. The Morgan fingerprint density at radius 3 is 2.17 bits per heavy atom. The average Bonchev–Trinajstić information content (AvgIpc) is 2.77. The third-order valence-corrected chi connectivity index (χ3v) is 4.68. The van der Waals surface area contributed by atoms with Gasteiger partial charge in [0.25, 0.3) is 5.91 Å². The van der Waals surface area contributed by atoms with Gasteiger partial charge in [0.15, 0.2) is 0 Å². The highest BCUT2D eigenvalue weighted by Gasteiger charge is 2.18. The van der Waals surface area contributed by atoms with Crippen molar-refractivity contribution < 1.29 is 29.2 Å². The largest absolute Gasteiger partial charge is 0.508 e. The second-order valence-electron chi connectivity index (χ2n) is 6.48. The summed E-state index contributed by atoms with van der Waals surface area (Å²) in [6.07, 6.45) is 0. The smallest absolute Gasteiger partial charge is 0.255 e. The molecule has 0 saturated carbocycles. The number of carbonyl (C=O) groups excluding carboxylic acids is 1. The molecule has 0 aromatic heterocycles. The lowest BCUT2D eigenvalue weighted by Crippen LogP contribution is -2.23. The summed E-state index contributed by atoms with van der Waals surface area (Å²) in [6.45, 7) is 0.0813. The fourth-order valence-electron chi connectivity index (χ4n) is 3.04. The van der Waals surface area contributed by atoms with E-state index in [2.05, 4.69) is 5.32 Å². The van der Waals surface area contributed by atoms with Crippen molar-refractivity contribution in [1.82, 2.24) is 5.32 Å². The first-order valence-corrected chi connectivity index (χ1v) is 9.16. The molecule has 3 aromatic rings. The van der Waals surface area contributed by atoms with Crippen LogP contribution in [-0.4, -0.2) is 37.4 Å². The van der Waals surface area contributed by atoms with Crippen molar-refractivity contribution >= 4 is 5.91 Å². The van der Waals surface area contributed by atoms with Crippen LogP contribution in [0.1, 0.15) is 15.9 Å². The van der Waals surface area contributed by atoms with Crippen molar-refractivity contribution in [2.24, 2.45) is 0 Å². The molecular formula is C23H23NO6. The predicted molar refractivity (Wildman–Crippen MR) is 112 cm³/mol. The summed E-state index contributed by atoms with van der Waals surface area (Å²) in [5.74, 6) is 1.11. The van der Waals surface area contributed by atoms with Gasteiger partial charge in [-0.25, -0.2) is 0 Å². The maximum Gasteiger partial charge on any atom is 0.255 e. The maximum atomic E-state index is 12.9. The highest BCUT2D eigenvalue weighted by Crippen LogP contribution is 2.37. The number of carbonyl (C=O) groups is 1. The summed E-state index contributed by atoms with van der Waals surface area (Å²) in [6, 6.07) is 15.0. The standard InChI is InChI=1S/C23H23NO6/c1-28-17-8-5-14(6-9-17)18-11-19(22(30-3)12-21(18)29-2)23(27)24-13-15-4-7-16(25)10-20(15)26/h4-12,25-26H,13H2,1-3H3,(H,24,27). The third-order valence-electron chi connectivity index (χ3n) is 4.68. The number of ether oxygens (including phenoxy) is 3. The van der Waals surface area contributed by atoms with Gasteiger partial charge in [-0.3, -0.25) is 4.79 Å². The molecule has 0 radical (unpaired) electrons. The summed E-state index contributed by atoms with van der Waals surface area (Å²) >= 11 is 0. The number of aromatic hydroxyl groups is 2. The molecule has 0 spiro atoms. The average molecular weight is 409 g/mol. The second-order valence-corrected chi connectivity index (χ2v) is 6.48. The molecular weight excluding hydrogens is 386 g/mol. The first kappa shape index (κ1) is 20.9. The molecule has 0 bridgehead atoms. The van der Waals surface area contributed by atoms with Crippen LogP contribution in [0.15, 0.2) is 54.6 Å². The van der Waals surface area contributed by atoms with E-state index >= 15 is 0 Å². The zero-order valence-electron chi connectivity index (χ0n) is 16.9. The van der Waals surface area contributed by atoms with Gasteiger partial charge in [-0.05, 0) is 35.9 Å². The molecule has 3 aromatic carbocycles. The van der Waals surface area contributed by atoms with E-state index in [9.17, 15) is 15.0 Å². The fourth-order valence-corrected chi connectivity index (χ4v) is 3.04. The van der Waals surface area contributed by atoms with Crippen molar-refractivity contribution in [2.75, 3.05) is 21.3 Å². The Hall–Kier alpha value is -3.87. The van der Waals surface area contributed by atoms with Gasteiger partial charge in [-0.15, -0.1) is 0 Å². The summed E-state index contributed by atoms with van der Waals surface area (Å²) < 4.78 is 16.1. The molecule has 1 amide bonds. The molecule has 0 aliphatic rings. The molecule has 7 nitrogen and oxygen atoms in total. The van der Waals surface area contributed by atoms with Crippen LogP contribution < -0.4 is 19.5 Å². The zero-order valence-corrected chi connectivity index (χ0v) is 16.9. The quantitative estimate of drug-likeness (QED) is 0.550. The minimum Gasteiger partial charge on any atom is -0.508 e. The van der Waals surface area contributed by atoms with Gasteiger partial charge < -0.3 is 29.7 Å². The third kappa shape index (κ3) is 4.41. The molecule has 0 saturated heterocycles. The lowest BCUT2D eigenvalue weighted by molar-refractivity contribution is 0.0947. The molecule has 0 aliphatic carbocycles. The molecule has 0 atom stereocenters. The first-order chi connectivity index (χ1) is 14.5. The lowest BCUT2D eigenvalue weighted by Gasteiger charge is -2.15. The Bertz CT molecular complexity index is 1050. The van der Waals surface area contributed by atoms with E-state index in [1.807, 2.05) is 24.3 Å². The van der Waals surface area contributed by atoms with E-state index in [0.29, 0.717) is 22.6 Å². The van der Waals surface area contributed by atoms with Crippen LogP contribution in [0.4, 0.5) is 0 Å². The van der Waals surface area contributed by atoms with Crippen LogP contribution in [0.3, 0.4) is 0 Å². The molecule has 30 heavy (non-hydrogen) atoms. The fraction of sp³-hybridized carbons (Fsp3) is 0.174. The summed E-state index contributed by atoms with van der Waals surface area (Å²) in [5, 5.41) is 22.1. The van der Waals surface area contributed by atoms with Crippen LogP contribution in [-0.2, 0) is 6.54 Å². The van der Waals surface area contributed by atoms with Crippen LogP contribution in [0.25, 0.3) is 11.1 Å². The topological polar surface area (TPSA) is 97.3 Å². The summed E-state index contributed by atoms with van der Waals surface area (Å²) in [4.78, 5) is 12.9. The zero-order chi connectivity index (χ0) is 21.7. The molecule has 0 unspecified atom stereocenters. The van der Waals surface area contributed by atoms with Crippen molar-refractivity contribution in [1.29, 1.82) is 0 Å². The predicted octanol–water partition coefficient (Wildman–Crippen LogP) is 3.72. The normalized spacial score (nSPS) is 10.4. The molecule has 0 heterocycles. The molecule has 3 N–H and O–H groups in total. The Morgan fingerprint density at radius 2 is 1.57 bits per heavy atom. The van der Waals surface area contributed by atoms with Gasteiger partial charge in [-0.2, -0.15) is 0 Å². The Morgan fingerprint density at radius 1 is 0.867 bits per heavy atom. The van der Waals surface area contributed by atoms with Crippen LogP contribution in [0, 0.1) is 0 Å². The van der Waals surface area contributed by atoms with Gasteiger partial charge >= 0.3 is 0 Å². The molecule has 0 aliphatic heterocycles. The summed E-state index contributed by atoms with van der Waals surface area (Å²) in [7, 11) is 4.62. The van der Waals surface area contributed by atoms with E-state index < -0.39 is 0 Å². The van der Waals surface area contributed by atoms with E-state index in [1.54, 1.807) is 32.4 Å². The number of phenolic OH excluding ortho intramolecular Hbond substituents is 2. The number of phenols is 2. The van der Waals surface area contributed by atoms with Gasteiger partial charge in [0.2, 0.25) is 0 Å². The number of nitrogens with one attached hydrogen (secondary N) is 1. The van der Waals surface area contributed by atoms with Crippen molar-refractivity contribution in [3.63, 3.8) is 0 Å². The molecule has 7 heteroatoms. The minimum atomic E-state index is -0.378. The van der Waals surface area contributed by atoms with E-state index in [1.165, 1.54) is 19.2 Å². The van der Waals surface area contributed by atoms with E-state index in [4.69, 9.17) is 14.2 Å². The molecule has 156 valence electrons. The number of hydrogen-bond acceptors (Lipinski definition) is 6. The van der Waals surface area contributed by atoms with Crippen molar-refractivity contribution in [2.45, 2.75) is 6.54 Å². The molecule has 3 rings (SSSR count). The van der Waals surface area contributed by atoms with E-state index in [-0.39, 0.29) is 24.0 Å². The molecule has 0 fully saturated rings. The lowest BCUT2D eigenvalue weighted by atomic mass is 10.0. The van der Waals surface area contributed by atoms with Crippen molar-refractivity contribution in [3.05, 3.63) is 65.7 Å². The van der Waals surface area contributed by atoms with E-state index in [0.717, 1.165) is 16.9 Å². The van der Waals surface area contributed by atoms with Crippen LogP contribution in [0.2, 0.25) is 0 Å². The van der Waals surface area contributed by atoms with Gasteiger partial charge in [0.05, 0.1) is 26.9 Å². The minimum absolute atomic E-state index is 0.0523. The Balaban J connectivity index is 1.92. The van der Waals surface area contributed by atoms with Crippen molar-refractivity contribution in [3.8, 4) is 39.9 Å². The number of hydrogen-bond donors (Lipinski definition) is 3.